The lowest BCUT2D eigenvalue weighted by Gasteiger charge is -2.36. The third-order valence-corrected chi connectivity index (χ3v) is 6.32. The summed E-state index contributed by atoms with van der Waals surface area (Å²) in [5.74, 6) is 0. The SMILES string of the molecule is O[C@@H]1[C@H](O)[C@@H](O)c2cc3ccc4cccc5c6ccccc6c(c2[C@H]1O)c3c45. The molecule has 5 aromatic carbocycles. The Bertz CT molecular complexity index is 1390. The maximum absolute atomic E-state index is 10.9. The average molecular weight is 370 g/mol. The molecular weight excluding hydrogens is 352 g/mol. The van der Waals surface area contributed by atoms with Gasteiger partial charge in [-0.15, -0.1) is 0 Å². The van der Waals surface area contributed by atoms with E-state index in [0.717, 1.165) is 43.1 Å². The molecule has 4 atom stereocenters. The molecule has 0 amide bonds. The van der Waals surface area contributed by atoms with Crippen LogP contribution in [0, 0.1) is 0 Å². The van der Waals surface area contributed by atoms with E-state index in [1.54, 1.807) is 0 Å². The molecule has 28 heavy (non-hydrogen) atoms. The Morgan fingerprint density at radius 2 is 1.18 bits per heavy atom. The lowest BCUT2D eigenvalue weighted by atomic mass is 9.77. The van der Waals surface area contributed by atoms with Gasteiger partial charge in [0.05, 0.1) is 0 Å². The maximum atomic E-state index is 10.9. The van der Waals surface area contributed by atoms with Crippen molar-refractivity contribution in [2.24, 2.45) is 0 Å². The Balaban J connectivity index is 1.97. The van der Waals surface area contributed by atoms with Crippen LogP contribution in [-0.4, -0.2) is 32.6 Å². The van der Waals surface area contributed by atoms with Crippen molar-refractivity contribution in [3.05, 3.63) is 71.8 Å². The van der Waals surface area contributed by atoms with Gasteiger partial charge in [-0.05, 0) is 60.3 Å². The van der Waals surface area contributed by atoms with Crippen LogP contribution in [0.15, 0.2) is 60.7 Å². The minimum atomic E-state index is -1.44. The molecule has 0 bridgehead atoms. The maximum Gasteiger partial charge on any atom is 0.113 e. The first-order chi connectivity index (χ1) is 13.6. The zero-order valence-electron chi connectivity index (χ0n) is 14.9. The fourth-order valence-corrected chi connectivity index (χ4v) is 5.04. The first-order valence-electron chi connectivity index (χ1n) is 9.42. The van der Waals surface area contributed by atoms with E-state index in [9.17, 15) is 20.4 Å². The quantitative estimate of drug-likeness (QED) is 0.248. The standard InChI is InChI=1S/C24H18O4/c25-21-16-10-12-9-8-11-4-3-7-14-13-5-1-2-6-15(13)19(18(12)17(11)14)20(16)22(26)24(28)23(21)27/h1-10,21-28H/t21-,22+,23+,24-/m0/s1. The van der Waals surface area contributed by atoms with Crippen LogP contribution in [0.3, 0.4) is 0 Å². The first-order valence-corrected chi connectivity index (χ1v) is 9.42. The Labute approximate surface area is 160 Å². The highest BCUT2D eigenvalue weighted by atomic mass is 16.4. The summed E-state index contributed by atoms with van der Waals surface area (Å²) in [6.07, 6.45) is -5.41. The number of rotatable bonds is 0. The van der Waals surface area contributed by atoms with Crippen LogP contribution >= 0.6 is 0 Å². The second kappa shape index (κ2) is 5.40. The van der Waals surface area contributed by atoms with Crippen molar-refractivity contribution in [2.45, 2.75) is 24.4 Å². The third-order valence-electron chi connectivity index (χ3n) is 6.32. The third kappa shape index (κ3) is 1.83. The molecule has 0 saturated heterocycles. The molecule has 1 aliphatic rings. The molecule has 0 radical (unpaired) electrons. The van der Waals surface area contributed by atoms with E-state index in [1.807, 2.05) is 36.4 Å². The molecule has 0 unspecified atom stereocenters. The van der Waals surface area contributed by atoms with Crippen molar-refractivity contribution in [1.29, 1.82) is 0 Å². The van der Waals surface area contributed by atoms with Gasteiger partial charge in [-0.3, -0.25) is 0 Å². The fourth-order valence-electron chi connectivity index (χ4n) is 5.04. The molecule has 4 nitrogen and oxygen atoms in total. The highest BCUT2D eigenvalue weighted by Crippen LogP contribution is 2.48. The Hall–Kier alpha value is -2.76. The molecule has 0 fully saturated rings. The molecule has 0 aliphatic heterocycles. The van der Waals surface area contributed by atoms with Crippen molar-refractivity contribution in [3.63, 3.8) is 0 Å². The Morgan fingerprint density at radius 1 is 0.536 bits per heavy atom. The normalized spacial score (nSPS) is 25.1. The predicted molar refractivity (Wildman–Crippen MR) is 110 cm³/mol. The summed E-state index contributed by atoms with van der Waals surface area (Å²) in [4.78, 5) is 0. The summed E-state index contributed by atoms with van der Waals surface area (Å²) in [6, 6.07) is 20.1. The van der Waals surface area contributed by atoms with Crippen LogP contribution in [-0.2, 0) is 0 Å². The number of benzene rings is 5. The molecule has 5 aromatic rings. The number of aliphatic hydroxyl groups excluding tert-OH is 4. The molecule has 4 N–H and O–H groups in total. The molecule has 0 aromatic heterocycles. The molecule has 0 saturated carbocycles. The van der Waals surface area contributed by atoms with Gasteiger partial charge in [-0.25, -0.2) is 0 Å². The summed E-state index contributed by atoms with van der Waals surface area (Å²) in [5.41, 5.74) is 0.980. The highest BCUT2D eigenvalue weighted by Gasteiger charge is 2.41. The monoisotopic (exact) mass is 370 g/mol. The van der Waals surface area contributed by atoms with E-state index >= 15 is 0 Å². The predicted octanol–water partition coefficient (Wildman–Crippen LogP) is 3.54. The molecule has 1 aliphatic carbocycles. The van der Waals surface area contributed by atoms with Gasteiger partial charge in [0.2, 0.25) is 0 Å². The van der Waals surface area contributed by atoms with Gasteiger partial charge in [0.25, 0.3) is 0 Å². The van der Waals surface area contributed by atoms with E-state index in [1.165, 1.54) is 0 Å². The number of fused-ring (bicyclic) bond motifs is 5. The van der Waals surface area contributed by atoms with Gasteiger partial charge in [0.15, 0.2) is 0 Å². The second-order valence-corrected chi connectivity index (χ2v) is 7.74. The summed E-state index contributed by atoms with van der Waals surface area (Å²) in [7, 11) is 0. The first kappa shape index (κ1) is 16.2. The number of hydrogen-bond acceptors (Lipinski definition) is 4. The van der Waals surface area contributed by atoms with Crippen LogP contribution in [0.4, 0.5) is 0 Å². The van der Waals surface area contributed by atoms with E-state index in [-0.39, 0.29) is 0 Å². The summed E-state index contributed by atoms with van der Waals surface area (Å²) in [6.45, 7) is 0. The van der Waals surface area contributed by atoms with Crippen LogP contribution in [0.25, 0.3) is 43.1 Å². The lowest BCUT2D eigenvalue weighted by molar-refractivity contribution is -0.119. The average Bonchev–Trinajstić information content (AvgIpc) is 2.74. The van der Waals surface area contributed by atoms with Crippen molar-refractivity contribution in [2.75, 3.05) is 0 Å². The Morgan fingerprint density at radius 3 is 2.00 bits per heavy atom. The van der Waals surface area contributed by atoms with E-state index < -0.39 is 24.4 Å². The number of hydrogen-bond donors (Lipinski definition) is 4. The van der Waals surface area contributed by atoms with Gasteiger partial charge < -0.3 is 20.4 Å². The zero-order chi connectivity index (χ0) is 19.2. The van der Waals surface area contributed by atoms with Crippen molar-refractivity contribution < 1.29 is 20.4 Å². The van der Waals surface area contributed by atoms with Gasteiger partial charge >= 0.3 is 0 Å². The van der Waals surface area contributed by atoms with Crippen LogP contribution < -0.4 is 0 Å². The van der Waals surface area contributed by atoms with E-state index in [4.69, 9.17) is 0 Å². The molecule has 0 heterocycles. The van der Waals surface area contributed by atoms with E-state index in [2.05, 4.69) is 24.3 Å². The van der Waals surface area contributed by atoms with Crippen molar-refractivity contribution >= 4 is 43.1 Å². The van der Waals surface area contributed by atoms with Gasteiger partial charge in [-0.2, -0.15) is 0 Å². The minimum Gasteiger partial charge on any atom is -0.387 e. The van der Waals surface area contributed by atoms with Crippen molar-refractivity contribution in [3.8, 4) is 0 Å². The molecule has 0 spiro atoms. The summed E-state index contributed by atoms with van der Waals surface area (Å²) < 4.78 is 0. The second-order valence-electron chi connectivity index (χ2n) is 7.74. The topological polar surface area (TPSA) is 80.9 Å². The zero-order valence-corrected chi connectivity index (χ0v) is 14.9. The van der Waals surface area contributed by atoms with Gasteiger partial charge in [-0.1, -0.05) is 54.6 Å². The minimum absolute atomic E-state index is 0.473. The number of aliphatic hydroxyl groups is 4. The van der Waals surface area contributed by atoms with Gasteiger partial charge in [0.1, 0.15) is 24.4 Å². The van der Waals surface area contributed by atoms with E-state index in [0.29, 0.717) is 11.1 Å². The molecule has 4 heteroatoms. The van der Waals surface area contributed by atoms with Crippen LogP contribution in [0.2, 0.25) is 0 Å². The highest BCUT2D eigenvalue weighted by molar-refractivity contribution is 6.34. The molecular formula is C24H18O4. The Kier molecular flexibility index (Phi) is 3.13. The van der Waals surface area contributed by atoms with Crippen LogP contribution in [0.5, 0.6) is 0 Å². The van der Waals surface area contributed by atoms with Crippen molar-refractivity contribution in [1.82, 2.24) is 0 Å². The smallest absolute Gasteiger partial charge is 0.113 e. The lowest BCUT2D eigenvalue weighted by Crippen LogP contribution is -2.41. The van der Waals surface area contributed by atoms with Crippen LogP contribution in [0.1, 0.15) is 23.3 Å². The summed E-state index contributed by atoms with van der Waals surface area (Å²) in [5, 5.41) is 50.3. The summed E-state index contributed by atoms with van der Waals surface area (Å²) >= 11 is 0. The molecule has 6 rings (SSSR count). The fraction of sp³-hybridized carbons (Fsp3) is 0.167. The van der Waals surface area contributed by atoms with Gasteiger partial charge in [0, 0.05) is 0 Å². The largest absolute Gasteiger partial charge is 0.387 e. The molecule has 138 valence electrons.